The highest BCUT2D eigenvalue weighted by atomic mass is 16.5. The van der Waals surface area contributed by atoms with Gasteiger partial charge < -0.3 is 10.1 Å². The SMILES string of the molecule is CCC(=O)NCC(=O)C(C)C(=O)OC. The Morgan fingerprint density at radius 2 is 1.93 bits per heavy atom. The van der Waals surface area contributed by atoms with Crippen molar-refractivity contribution >= 4 is 17.7 Å². The van der Waals surface area contributed by atoms with Crippen molar-refractivity contribution in [2.24, 2.45) is 5.92 Å². The van der Waals surface area contributed by atoms with Crippen molar-refractivity contribution in [1.82, 2.24) is 5.32 Å². The highest BCUT2D eigenvalue weighted by Crippen LogP contribution is 1.98. The molecule has 1 amide bonds. The van der Waals surface area contributed by atoms with Crippen molar-refractivity contribution in [1.29, 1.82) is 0 Å². The summed E-state index contributed by atoms with van der Waals surface area (Å²) in [7, 11) is 1.22. The van der Waals surface area contributed by atoms with Crippen molar-refractivity contribution < 1.29 is 19.1 Å². The van der Waals surface area contributed by atoms with Gasteiger partial charge in [-0.3, -0.25) is 14.4 Å². The van der Waals surface area contributed by atoms with Gasteiger partial charge in [0.1, 0.15) is 5.92 Å². The van der Waals surface area contributed by atoms with E-state index in [1.54, 1.807) is 6.92 Å². The zero-order valence-corrected chi connectivity index (χ0v) is 8.62. The molecule has 5 heteroatoms. The number of ketones is 1. The normalized spacial score (nSPS) is 11.6. The molecule has 0 aromatic heterocycles. The van der Waals surface area contributed by atoms with E-state index in [1.165, 1.54) is 14.0 Å². The summed E-state index contributed by atoms with van der Waals surface area (Å²) in [6.45, 7) is 3.01. The summed E-state index contributed by atoms with van der Waals surface area (Å²) in [5.74, 6) is -1.97. The molecule has 1 atom stereocenters. The molecule has 5 nitrogen and oxygen atoms in total. The molecule has 1 N–H and O–H groups in total. The molecule has 80 valence electrons. The minimum Gasteiger partial charge on any atom is -0.468 e. The average Bonchev–Trinajstić information content (AvgIpc) is 2.22. The number of esters is 1. The molecule has 0 radical (unpaired) electrons. The summed E-state index contributed by atoms with van der Waals surface area (Å²) >= 11 is 0. The molecule has 0 aliphatic carbocycles. The van der Waals surface area contributed by atoms with Crippen LogP contribution in [0.1, 0.15) is 20.3 Å². The second kappa shape index (κ2) is 6.12. The molecular weight excluding hydrogens is 186 g/mol. The minimum atomic E-state index is -0.822. The Bertz CT molecular complexity index is 237. The first-order valence-electron chi connectivity index (χ1n) is 4.40. The lowest BCUT2D eigenvalue weighted by Gasteiger charge is -2.08. The molecule has 0 bridgehead atoms. The number of methoxy groups -OCH3 is 1. The van der Waals surface area contributed by atoms with Gasteiger partial charge in [0.15, 0.2) is 5.78 Å². The third-order valence-corrected chi connectivity index (χ3v) is 1.82. The van der Waals surface area contributed by atoms with Crippen molar-refractivity contribution in [2.45, 2.75) is 20.3 Å². The number of hydrogen-bond donors (Lipinski definition) is 1. The third kappa shape index (κ3) is 4.02. The van der Waals surface area contributed by atoms with E-state index in [0.29, 0.717) is 6.42 Å². The van der Waals surface area contributed by atoms with Crippen LogP contribution in [0.4, 0.5) is 0 Å². The Balaban J connectivity index is 3.96. The topological polar surface area (TPSA) is 72.5 Å². The van der Waals surface area contributed by atoms with Crippen molar-refractivity contribution in [2.75, 3.05) is 13.7 Å². The van der Waals surface area contributed by atoms with Gasteiger partial charge >= 0.3 is 5.97 Å². The van der Waals surface area contributed by atoms with Gasteiger partial charge in [0, 0.05) is 6.42 Å². The van der Waals surface area contributed by atoms with Crippen molar-refractivity contribution in [3.8, 4) is 0 Å². The number of Topliss-reactive ketones (excluding diaryl/α,β-unsaturated/α-hetero) is 1. The fraction of sp³-hybridized carbons (Fsp3) is 0.667. The van der Waals surface area contributed by atoms with E-state index in [1.807, 2.05) is 0 Å². The Labute approximate surface area is 82.8 Å². The van der Waals surface area contributed by atoms with Gasteiger partial charge in [0.25, 0.3) is 0 Å². The zero-order valence-electron chi connectivity index (χ0n) is 8.62. The van der Waals surface area contributed by atoms with Crippen LogP contribution in [0.3, 0.4) is 0 Å². The van der Waals surface area contributed by atoms with Crippen LogP contribution in [0.2, 0.25) is 0 Å². The Morgan fingerprint density at radius 3 is 2.36 bits per heavy atom. The van der Waals surface area contributed by atoms with E-state index >= 15 is 0 Å². The number of ether oxygens (including phenoxy) is 1. The highest BCUT2D eigenvalue weighted by Gasteiger charge is 2.21. The number of hydrogen-bond acceptors (Lipinski definition) is 4. The Morgan fingerprint density at radius 1 is 1.36 bits per heavy atom. The lowest BCUT2D eigenvalue weighted by atomic mass is 10.1. The predicted octanol–water partition coefficient (Wildman–Crippen LogP) is -0.109. The maximum atomic E-state index is 11.2. The highest BCUT2D eigenvalue weighted by molar-refractivity contribution is 6.00. The molecular formula is C9H15NO4. The van der Waals surface area contributed by atoms with Crippen LogP contribution in [0, 0.1) is 5.92 Å². The molecule has 0 saturated carbocycles. The molecule has 0 aromatic carbocycles. The first-order valence-corrected chi connectivity index (χ1v) is 4.40. The van der Waals surface area contributed by atoms with Gasteiger partial charge in [0.2, 0.25) is 5.91 Å². The molecule has 14 heavy (non-hydrogen) atoms. The second-order valence-electron chi connectivity index (χ2n) is 2.84. The summed E-state index contributed by atoms with van der Waals surface area (Å²) in [5, 5.41) is 2.40. The minimum absolute atomic E-state index is 0.122. The van der Waals surface area contributed by atoms with Gasteiger partial charge in [-0.05, 0) is 6.92 Å². The van der Waals surface area contributed by atoms with Crippen molar-refractivity contribution in [3.05, 3.63) is 0 Å². The maximum absolute atomic E-state index is 11.2. The molecule has 0 heterocycles. The largest absolute Gasteiger partial charge is 0.468 e. The Kier molecular flexibility index (Phi) is 5.52. The average molecular weight is 201 g/mol. The van der Waals surface area contributed by atoms with E-state index in [4.69, 9.17) is 0 Å². The number of carbonyl (C=O) groups is 3. The van der Waals surface area contributed by atoms with Crippen LogP contribution < -0.4 is 5.32 Å². The van der Waals surface area contributed by atoms with Gasteiger partial charge in [0.05, 0.1) is 13.7 Å². The molecule has 0 spiro atoms. The molecule has 0 aliphatic rings. The molecule has 0 fully saturated rings. The van der Waals surface area contributed by atoms with Gasteiger partial charge in [-0.25, -0.2) is 0 Å². The van der Waals surface area contributed by atoms with Crippen molar-refractivity contribution in [3.63, 3.8) is 0 Å². The molecule has 0 aliphatic heterocycles. The predicted molar refractivity (Wildman–Crippen MR) is 49.5 cm³/mol. The van der Waals surface area contributed by atoms with Gasteiger partial charge in [-0.15, -0.1) is 0 Å². The van der Waals surface area contributed by atoms with E-state index in [0.717, 1.165) is 0 Å². The van der Waals surface area contributed by atoms with Crippen LogP contribution in [-0.4, -0.2) is 31.3 Å². The summed E-state index contributed by atoms with van der Waals surface area (Å²) in [4.78, 5) is 33.0. The summed E-state index contributed by atoms with van der Waals surface area (Å²) < 4.78 is 4.39. The molecule has 1 unspecified atom stereocenters. The van der Waals surface area contributed by atoms with Crippen LogP contribution in [0.25, 0.3) is 0 Å². The lowest BCUT2D eigenvalue weighted by molar-refractivity contribution is -0.148. The fourth-order valence-electron chi connectivity index (χ4n) is 0.772. The first kappa shape index (κ1) is 12.6. The molecule has 0 saturated heterocycles. The van der Waals surface area contributed by atoms with Crippen LogP contribution >= 0.6 is 0 Å². The standard InChI is InChI=1S/C9H15NO4/c1-4-8(12)10-5-7(11)6(2)9(13)14-3/h6H,4-5H2,1-3H3,(H,10,12). The fourth-order valence-corrected chi connectivity index (χ4v) is 0.772. The van der Waals surface area contributed by atoms with Gasteiger partial charge in [-0.1, -0.05) is 6.92 Å². The molecule has 0 aromatic rings. The first-order chi connectivity index (χ1) is 6.52. The van der Waals surface area contributed by atoms with Gasteiger partial charge in [-0.2, -0.15) is 0 Å². The van der Waals surface area contributed by atoms with E-state index < -0.39 is 11.9 Å². The quantitative estimate of drug-likeness (QED) is 0.497. The number of amides is 1. The zero-order chi connectivity index (χ0) is 11.1. The third-order valence-electron chi connectivity index (χ3n) is 1.82. The van der Waals surface area contributed by atoms with E-state index in [-0.39, 0.29) is 18.2 Å². The summed E-state index contributed by atoms with van der Waals surface area (Å²) in [6.07, 6.45) is 0.319. The van der Waals surface area contributed by atoms with Crippen LogP contribution in [0.5, 0.6) is 0 Å². The van der Waals surface area contributed by atoms with Crippen LogP contribution in [-0.2, 0) is 19.1 Å². The van der Waals surface area contributed by atoms with E-state index in [2.05, 4.69) is 10.1 Å². The monoisotopic (exact) mass is 201 g/mol. The number of rotatable bonds is 5. The maximum Gasteiger partial charge on any atom is 0.315 e. The smallest absolute Gasteiger partial charge is 0.315 e. The van der Waals surface area contributed by atoms with Crippen LogP contribution in [0.15, 0.2) is 0 Å². The number of carbonyl (C=O) groups excluding carboxylic acids is 3. The van der Waals surface area contributed by atoms with E-state index in [9.17, 15) is 14.4 Å². The number of nitrogens with one attached hydrogen (secondary N) is 1. The summed E-state index contributed by atoms with van der Waals surface area (Å²) in [6, 6.07) is 0. The molecule has 0 rings (SSSR count). The Hall–Kier alpha value is -1.39. The second-order valence-corrected chi connectivity index (χ2v) is 2.84. The summed E-state index contributed by atoms with van der Waals surface area (Å²) in [5.41, 5.74) is 0. The lowest BCUT2D eigenvalue weighted by Crippen LogP contribution is -2.34.